The number of nitro groups is 1. The lowest BCUT2D eigenvalue weighted by atomic mass is 10.1. The summed E-state index contributed by atoms with van der Waals surface area (Å²) in [4.78, 5) is 14.9. The summed E-state index contributed by atoms with van der Waals surface area (Å²) in [5.74, 6) is 0. The molecule has 0 aliphatic carbocycles. The minimum absolute atomic E-state index is 0.129. The van der Waals surface area contributed by atoms with Gasteiger partial charge in [0.25, 0.3) is 5.69 Å². The van der Waals surface area contributed by atoms with Crippen LogP contribution >= 0.6 is 27.3 Å². The molecule has 112 valence electrons. The van der Waals surface area contributed by atoms with Gasteiger partial charge >= 0.3 is 0 Å². The second-order valence-corrected chi connectivity index (χ2v) is 6.43. The maximum absolute atomic E-state index is 11.0. The summed E-state index contributed by atoms with van der Waals surface area (Å²) in [6.45, 7) is 2.23. The summed E-state index contributed by atoms with van der Waals surface area (Å²) in [7, 11) is 0. The van der Waals surface area contributed by atoms with Crippen molar-refractivity contribution in [2.75, 3.05) is 0 Å². The Labute approximate surface area is 138 Å². The Kier molecular flexibility index (Phi) is 4.04. The Morgan fingerprint density at radius 2 is 2.27 bits per heavy atom. The van der Waals surface area contributed by atoms with Gasteiger partial charge in [0.15, 0.2) is 0 Å². The van der Waals surface area contributed by atoms with Crippen molar-refractivity contribution in [3.05, 3.63) is 61.7 Å². The molecule has 0 bridgehead atoms. The number of thiazole rings is 1. The highest BCUT2D eigenvalue weighted by atomic mass is 79.9. The van der Waals surface area contributed by atoms with Crippen LogP contribution in [0, 0.1) is 17.0 Å². The Morgan fingerprint density at radius 1 is 1.45 bits per heavy atom. The molecule has 22 heavy (non-hydrogen) atoms. The van der Waals surface area contributed by atoms with Gasteiger partial charge in [0.2, 0.25) is 0 Å². The van der Waals surface area contributed by atoms with E-state index in [9.17, 15) is 10.1 Å². The molecule has 0 unspecified atom stereocenters. The summed E-state index contributed by atoms with van der Waals surface area (Å²) in [6.07, 6.45) is 3.59. The third kappa shape index (κ3) is 2.79. The maximum atomic E-state index is 11.0. The number of nitrogens with zero attached hydrogens (tertiary/aromatic N) is 4. The van der Waals surface area contributed by atoms with E-state index in [1.807, 2.05) is 17.6 Å². The summed E-state index contributed by atoms with van der Waals surface area (Å²) in [6, 6.07) is 5.08. The molecule has 0 saturated heterocycles. The Bertz CT molecular complexity index is 829. The highest BCUT2D eigenvalue weighted by molar-refractivity contribution is 9.10. The van der Waals surface area contributed by atoms with Crippen LogP contribution in [-0.4, -0.2) is 19.7 Å². The standard InChI is InChI=1S/C14H11BrN4O2S/c1-9-10(3-2-4-12(9)19(20)21)7-18-8-11(15)13(17-18)14-16-5-6-22-14/h2-6,8H,7H2,1H3. The second kappa shape index (κ2) is 5.98. The van der Waals surface area contributed by atoms with Crippen molar-refractivity contribution < 1.29 is 4.92 Å². The lowest BCUT2D eigenvalue weighted by Gasteiger charge is -2.06. The van der Waals surface area contributed by atoms with E-state index in [4.69, 9.17) is 0 Å². The zero-order valence-corrected chi connectivity index (χ0v) is 14.0. The minimum Gasteiger partial charge on any atom is -0.266 e. The first-order chi connectivity index (χ1) is 10.6. The largest absolute Gasteiger partial charge is 0.272 e. The van der Waals surface area contributed by atoms with Gasteiger partial charge in [-0.25, -0.2) is 4.98 Å². The first-order valence-electron chi connectivity index (χ1n) is 6.42. The Hall–Kier alpha value is -2.06. The highest BCUT2D eigenvalue weighted by Crippen LogP contribution is 2.29. The van der Waals surface area contributed by atoms with Crippen molar-refractivity contribution in [3.63, 3.8) is 0 Å². The van der Waals surface area contributed by atoms with Gasteiger partial charge in [0, 0.05) is 29.4 Å². The molecule has 6 nitrogen and oxygen atoms in total. The van der Waals surface area contributed by atoms with E-state index in [0.717, 1.165) is 20.7 Å². The van der Waals surface area contributed by atoms with Crippen molar-refractivity contribution in [3.8, 4) is 10.7 Å². The summed E-state index contributed by atoms with van der Waals surface area (Å²) >= 11 is 5.00. The number of benzene rings is 1. The number of halogens is 1. The van der Waals surface area contributed by atoms with E-state index >= 15 is 0 Å². The number of aromatic nitrogens is 3. The molecule has 3 rings (SSSR count). The van der Waals surface area contributed by atoms with Gasteiger partial charge in [-0.05, 0) is 28.4 Å². The van der Waals surface area contributed by atoms with Gasteiger partial charge < -0.3 is 0 Å². The molecule has 0 radical (unpaired) electrons. The van der Waals surface area contributed by atoms with Crippen LogP contribution in [0.3, 0.4) is 0 Å². The van der Waals surface area contributed by atoms with Crippen LogP contribution in [-0.2, 0) is 6.54 Å². The van der Waals surface area contributed by atoms with Crippen LogP contribution in [0.15, 0.2) is 40.4 Å². The molecule has 0 atom stereocenters. The number of rotatable bonds is 4. The van der Waals surface area contributed by atoms with E-state index in [2.05, 4.69) is 26.0 Å². The quantitative estimate of drug-likeness (QED) is 0.507. The predicted molar refractivity (Wildman–Crippen MR) is 88.0 cm³/mol. The summed E-state index contributed by atoms with van der Waals surface area (Å²) in [5, 5.41) is 18.2. The molecular weight excluding hydrogens is 368 g/mol. The van der Waals surface area contributed by atoms with E-state index in [1.54, 1.807) is 23.9 Å². The van der Waals surface area contributed by atoms with Crippen molar-refractivity contribution in [2.24, 2.45) is 0 Å². The molecule has 3 aromatic rings. The molecule has 0 N–H and O–H groups in total. The van der Waals surface area contributed by atoms with Crippen LogP contribution in [0.4, 0.5) is 5.69 Å². The normalized spacial score (nSPS) is 10.8. The van der Waals surface area contributed by atoms with Gasteiger partial charge in [-0.1, -0.05) is 12.1 Å². The fourth-order valence-corrected chi connectivity index (χ4v) is 3.45. The number of hydrogen-bond donors (Lipinski definition) is 0. The van der Waals surface area contributed by atoms with E-state index < -0.39 is 0 Å². The van der Waals surface area contributed by atoms with Gasteiger partial charge in [0.05, 0.1) is 15.9 Å². The molecule has 8 heteroatoms. The number of hydrogen-bond acceptors (Lipinski definition) is 5. The maximum Gasteiger partial charge on any atom is 0.272 e. The van der Waals surface area contributed by atoms with E-state index in [-0.39, 0.29) is 10.6 Å². The van der Waals surface area contributed by atoms with Crippen molar-refractivity contribution in [1.82, 2.24) is 14.8 Å². The fourth-order valence-electron chi connectivity index (χ4n) is 2.18. The topological polar surface area (TPSA) is 73.8 Å². The first-order valence-corrected chi connectivity index (χ1v) is 8.09. The third-order valence-electron chi connectivity index (χ3n) is 3.30. The molecule has 0 aliphatic heterocycles. The Balaban J connectivity index is 1.93. The van der Waals surface area contributed by atoms with Gasteiger partial charge in [-0.15, -0.1) is 11.3 Å². The SMILES string of the molecule is Cc1c(Cn2cc(Br)c(-c3nccs3)n2)cccc1[N+](=O)[O-]. The van der Waals surface area contributed by atoms with Crippen LogP contribution in [0.25, 0.3) is 10.7 Å². The summed E-state index contributed by atoms with van der Waals surface area (Å²) in [5.41, 5.74) is 2.44. The lowest BCUT2D eigenvalue weighted by molar-refractivity contribution is -0.385. The average Bonchev–Trinajstić information content (AvgIpc) is 3.10. The molecular formula is C14H11BrN4O2S. The molecule has 2 heterocycles. The van der Waals surface area contributed by atoms with Crippen molar-refractivity contribution in [2.45, 2.75) is 13.5 Å². The fraction of sp³-hybridized carbons (Fsp3) is 0.143. The van der Waals surface area contributed by atoms with E-state index in [0.29, 0.717) is 12.1 Å². The highest BCUT2D eigenvalue weighted by Gasteiger charge is 2.15. The monoisotopic (exact) mass is 378 g/mol. The van der Waals surface area contributed by atoms with Crippen LogP contribution < -0.4 is 0 Å². The van der Waals surface area contributed by atoms with Gasteiger partial charge in [-0.2, -0.15) is 5.10 Å². The molecule has 0 fully saturated rings. The van der Waals surface area contributed by atoms with E-state index in [1.165, 1.54) is 17.4 Å². The zero-order chi connectivity index (χ0) is 15.7. The molecule has 2 aromatic heterocycles. The van der Waals surface area contributed by atoms with Crippen molar-refractivity contribution >= 4 is 33.0 Å². The first kappa shape index (κ1) is 14.9. The Morgan fingerprint density at radius 3 is 2.95 bits per heavy atom. The molecule has 1 aromatic carbocycles. The summed E-state index contributed by atoms with van der Waals surface area (Å²) < 4.78 is 2.61. The van der Waals surface area contributed by atoms with Crippen LogP contribution in [0.2, 0.25) is 0 Å². The molecule has 0 amide bonds. The predicted octanol–water partition coefficient (Wildman–Crippen LogP) is 4.03. The zero-order valence-electron chi connectivity index (χ0n) is 11.6. The van der Waals surface area contributed by atoms with Crippen molar-refractivity contribution in [1.29, 1.82) is 0 Å². The number of nitro benzene ring substituents is 1. The van der Waals surface area contributed by atoms with Crippen LogP contribution in [0.5, 0.6) is 0 Å². The van der Waals surface area contributed by atoms with Crippen LogP contribution in [0.1, 0.15) is 11.1 Å². The molecule has 0 aliphatic rings. The smallest absolute Gasteiger partial charge is 0.266 e. The average molecular weight is 379 g/mol. The van der Waals surface area contributed by atoms with Gasteiger partial charge in [-0.3, -0.25) is 14.8 Å². The second-order valence-electron chi connectivity index (χ2n) is 4.68. The minimum atomic E-state index is -0.362. The third-order valence-corrected chi connectivity index (χ3v) is 4.66. The molecule has 0 saturated carbocycles. The van der Waals surface area contributed by atoms with Gasteiger partial charge in [0.1, 0.15) is 10.7 Å². The lowest BCUT2D eigenvalue weighted by Crippen LogP contribution is -2.04. The molecule has 0 spiro atoms.